The second-order valence-electron chi connectivity index (χ2n) is 23.6. The minimum Gasteiger partial charge on any atom is -0.481 e. The number of carbonyl (C=O) groups excluding carboxylic acids is 6. The Morgan fingerprint density at radius 2 is 1.27 bits per heavy atom. The Morgan fingerprint density at radius 1 is 0.723 bits per heavy atom. The third kappa shape index (κ3) is 15.3. The molecule has 0 spiro atoms. The summed E-state index contributed by atoms with van der Waals surface area (Å²) in [7, 11) is 0. The van der Waals surface area contributed by atoms with Crippen molar-refractivity contribution >= 4 is 41.5 Å². The number of ether oxygens (including phenoxy) is 5. The Balaban J connectivity index is 0.000000448. The number of carbonyl (C=O) groups is 7. The van der Waals surface area contributed by atoms with Gasteiger partial charge in [-0.1, -0.05) is 158 Å². The van der Waals surface area contributed by atoms with Gasteiger partial charge in [-0.25, -0.2) is 9.59 Å². The van der Waals surface area contributed by atoms with E-state index in [4.69, 9.17) is 28.8 Å². The molecule has 18 nitrogen and oxygen atoms in total. The SMILES string of the molecule is CC(=O)O[C@H]1C(=O)[C@@]2(C)[C@H]([C@H](OC(=O)c3ccccc3)[C@]3(O)C[C@H](OC(=O)[C@H](O)[C@@H](NC(=O)c4ccccc4)c4ccccc4)C(C)=C1C3(C)C)[C@]1(OC(C)=O)CO[C@@H]1C[C@@H]2O.CCCC(O)CCCCCCCCCCCCCC(=O)O. The van der Waals surface area contributed by atoms with E-state index in [9.17, 15) is 49.2 Å². The lowest BCUT2D eigenvalue weighted by Gasteiger charge is -2.67. The zero-order valence-corrected chi connectivity index (χ0v) is 49.2. The second kappa shape index (κ2) is 29.5. The fourth-order valence-electron chi connectivity index (χ4n) is 12.9. The van der Waals surface area contributed by atoms with E-state index in [1.54, 1.807) is 92.7 Å². The summed E-state index contributed by atoms with van der Waals surface area (Å²) in [6.45, 7) is 10.1. The summed E-state index contributed by atoms with van der Waals surface area (Å²) in [5.74, 6) is -7.51. The van der Waals surface area contributed by atoms with Crippen LogP contribution in [0, 0.1) is 16.7 Å². The highest BCUT2D eigenvalue weighted by atomic mass is 16.6. The summed E-state index contributed by atoms with van der Waals surface area (Å²) in [4.78, 5) is 93.8. The molecular formula is C65H87NO17. The Hall–Kier alpha value is -6.31. The molecule has 2 bridgehead atoms. The minimum atomic E-state index is -2.39. The molecule has 4 aliphatic rings. The third-order valence-corrected chi connectivity index (χ3v) is 17.5. The summed E-state index contributed by atoms with van der Waals surface area (Å²) >= 11 is 0. The molecule has 0 aromatic heterocycles. The predicted molar refractivity (Wildman–Crippen MR) is 306 cm³/mol. The molecule has 1 amide bonds. The summed E-state index contributed by atoms with van der Waals surface area (Å²) in [6.07, 6.45) is 6.07. The van der Waals surface area contributed by atoms with Gasteiger partial charge in [0.25, 0.3) is 5.91 Å². The van der Waals surface area contributed by atoms with Gasteiger partial charge in [0.1, 0.15) is 23.9 Å². The highest BCUT2D eigenvalue weighted by molar-refractivity contribution is 5.96. The number of fused-ring (bicyclic) bond motifs is 5. The lowest BCUT2D eigenvalue weighted by Crippen LogP contribution is -2.82. The first-order chi connectivity index (χ1) is 39.4. The molecule has 1 saturated heterocycles. The molecule has 18 heteroatoms. The summed E-state index contributed by atoms with van der Waals surface area (Å²) in [6, 6.07) is 22.9. The molecule has 1 aliphatic heterocycles. The van der Waals surface area contributed by atoms with E-state index >= 15 is 4.79 Å². The van der Waals surface area contributed by atoms with Crippen molar-refractivity contribution in [2.24, 2.45) is 16.7 Å². The number of rotatable bonds is 26. The summed E-state index contributed by atoms with van der Waals surface area (Å²) in [5, 5.41) is 58.4. The monoisotopic (exact) mass is 1150 g/mol. The maximum atomic E-state index is 15.5. The van der Waals surface area contributed by atoms with Crippen molar-refractivity contribution < 1.29 is 82.8 Å². The molecule has 12 atom stereocenters. The van der Waals surface area contributed by atoms with Crippen LogP contribution in [0.5, 0.6) is 0 Å². The molecular weight excluding hydrogens is 1070 g/mol. The molecule has 2 saturated carbocycles. The molecule has 3 aromatic carbocycles. The summed E-state index contributed by atoms with van der Waals surface area (Å²) < 4.78 is 30.3. The van der Waals surface area contributed by atoms with E-state index in [0.717, 1.165) is 46.0 Å². The Morgan fingerprint density at radius 3 is 1.78 bits per heavy atom. The number of carboxylic acids is 1. The van der Waals surface area contributed by atoms with Gasteiger partial charge >= 0.3 is 29.8 Å². The van der Waals surface area contributed by atoms with Crippen LogP contribution in [0.4, 0.5) is 0 Å². The van der Waals surface area contributed by atoms with Gasteiger partial charge in [0.05, 0.1) is 41.8 Å². The van der Waals surface area contributed by atoms with Crippen LogP contribution in [0.3, 0.4) is 0 Å². The van der Waals surface area contributed by atoms with Crippen LogP contribution in [0.1, 0.15) is 190 Å². The van der Waals surface area contributed by atoms with Crippen LogP contribution >= 0.6 is 0 Å². The fourth-order valence-corrected chi connectivity index (χ4v) is 12.9. The average Bonchev–Trinajstić information content (AvgIpc) is 1.06. The van der Waals surface area contributed by atoms with Gasteiger partial charge in [-0.05, 0) is 74.1 Å². The zero-order chi connectivity index (χ0) is 60.7. The van der Waals surface area contributed by atoms with E-state index in [1.165, 1.54) is 83.8 Å². The average molecular weight is 1150 g/mol. The fraction of sp³-hybridized carbons (Fsp3) is 0.585. The number of unbranched alkanes of at least 4 members (excludes halogenated alkanes) is 10. The minimum absolute atomic E-state index is 0.00289. The first-order valence-corrected chi connectivity index (χ1v) is 29.5. The second-order valence-corrected chi connectivity index (χ2v) is 23.6. The standard InChI is InChI=1S/C47H51NO14.C18H36O3/c1-25-31(60-43(56)36(52)35(28-16-10-7-11-17-28)48-41(54)29-18-12-8-13-19-29)23-47(57)40(61-42(55)30-20-14-9-15-21-30)38-45(6,32(51)22-33-46(38,24-58-33)62-27(3)50)39(53)37(59-26(2)49)34(25)44(47,4)5;1-2-14-17(19)15-12-10-8-6-4-3-5-7-9-11-13-16-18(20)21/h7-21,31-33,35-38,40,51-52,57H,22-24H2,1-6H3,(H,48,54);17,19H,2-16H2,1H3,(H,20,21)/t31-,32-,33+,35-,36+,37+,38-,40-,45+,46-,47+;/m0./s1. The molecule has 0 radical (unpaired) electrons. The van der Waals surface area contributed by atoms with E-state index in [-0.39, 0.29) is 41.4 Å². The third-order valence-electron chi connectivity index (χ3n) is 17.5. The van der Waals surface area contributed by atoms with Crippen LogP contribution in [-0.2, 0) is 47.7 Å². The molecule has 6 N–H and O–H groups in total. The molecule has 1 unspecified atom stereocenters. The number of aliphatic carboxylic acids is 1. The molecule has 454 valence electrons. The number of hydrogen-bond acceptors (Lipinski definition) is 16. The molecule has 3 aliphatic carbocycles. The zero-order valence-electron chi connectivity index (χ0n) is 49.2. The van der Waals surface area contributed by atoms with Gasteiger partial charge in [0.2, 0.25) is 0 Å². The van der Waals surface area contributed by atoms with Crippen molar-refractivity contribution in [2.75, 3.05) is 6.61 Å². The highest BCUT2D eigenvalue weighted by Gasteiger charge is 2.78. The first-order valence-electron chi connectivity index (χ1n) is 29.5. The number of ketones is 1. The van der Waals surface area contributed by atoms with Gasteiger partial charge in [-0.3, -0.25) is 24.0 Å². The van der Waals surface area contributed by atoms with Crippen LogP contribution in [-0.4, -0.2) is 128 Å². The molecule has 3 fully saturated rings. The van der Waals surface area contributed by atoms with Crippen LogP contribution in [0.2, 0.25) is 0 Å². The molecule has 3 aromatic rings. The molecule has 1 heterocycles. The first kappa shape index (κ1) is 65.8. The van der Waals surface area contributed by atoms with Crippen molar-refractivity contribution in [3.05, 3.63) is 119 Å². The van der Waals surface area contributed by atoms with Gasteiger partial charge in [0.15, 0.2) is 23.6 Å². The molecule has 83 heavy (non-hydrogen) atoms. The number of esters is 4. The lowest BCUT2D eigenvalue weighted by atomic mass is 9.44. The topological polar surface area (TPSA) is 279 Å². The molecule has 7 rings (SSSR count). The van der Waals surface area contributed by atoms with Crippen LogP contribution < -0.4 is 5.32 Å². The van der Waals surface area contributed by atoms with Gasteiger partial charge < -0.3 is 54.5 Å². The van der Waals surface area contributed by atoms with Crippen LogP contribution in [0.25, 0.3) is 0 Å². The smallest absolute Gasteiger partial charge is 0.338 e. The largest absolute Gasteiger partial charge is 0.481 e. The number of Topliss-reactive ketones (excluding diaryl/α,β-unsaturated/α-hetero) is 1. The number of hydrogen-bond donors (Lipinski definition) is 6. The van der Waals surface area contributed by atoms with Crippen LogP contribution in [0.15, 0.2) is 102 Å². The van der Waals surface area contributed by atoms with Gasteiger partial charge in [-0.2, -0.15) is 0 Å². The predicted octanol–water partition coefficient (Wildman–Crippen LogP) is 9.04. The van der Waals surface area contributed by atoms with Crippen molar-refractivity contribution in [1.82, 2.24) is 5.32 Å². The number of benzene rings is 3. The van der Waals surface area contributed by atoms with E-state index in [1.807, 2.05) is 0 Å². The number of carboxylic acid groups (broad SMARTS) is 1. The number of nitrogens with one attached hydrogen (secondary N) is 1. The number of amides is 1. The quantitative estimate of drug-likeness (QED) is 0.0189. The van der Waals surface area contributed by atoms with Crippen molar-refractivity contribution in [2.45, 2.75) is 218 Å². The maximum Gasteiger partial charge on any atom is 0.338 e. The lowest BCUT2D eigenvalue weighted by molar-refractivity contribution is -0.346. The normalized spacial score (nSPS) is 27.0. The van der Waals surface area contributed by atoms with Gasteiger partial charge in [-0.15, -0.1) is 0 Å². The van der Waals surface area contributed by atoms with E-state index in [0.29, 0.717) is 12.0 Å². The van der Waals surface area contributed by atoms with Gasteiger partial charge in [0, 0.05) is 44.1 Å². The Labute approximate surface area is 487 Å². The van der Waals surface area contributed by atoms with E-state index < -0.39 is 119 Å². The number of aliphatic hydroxyl groups is 4. The van der Waals surface area contributed by atoms with Crippen molar-refractivity contribution in [1.29, 1.82) is 0 Å². The highest BCUT2D eigenvalue weighted by Crippen LogP contribution is 2.64. The van der Waals surface area contributed by atoms with Crippen molar-refractivity contribution in [3.63, 3.8) is 0 Å². The number of aliphatic hydroxyl groups excluding tert-OH is 3. The van der Waals surface area contributed by atoms with E-state index in [2.05, 4.69) is 12.2 Å². The maximum absolute atomic E-state index is 15.5. The Kier molecular flexibility index (Phi) is 23.4. The van der Waals surface area contributed by atoms with Crippen molar-refractivity contribution in [3.8, 4) is 0 Å². The summed E-state index contributed by atoms with van der Waals surface area (Å²) in [5.41, 5.74) is -7.02. The Bertz CT molecular complexity index is 2720.